The Morgan fingerprint density at radius 1 is 1.45 bits per heavy atom. The first-order valence-corrected chi connectivity index (χ1v) is 6.92. The Bertz CT molecular complexity index is 695. The third-order valence-electron chi connectivity index (χ3n) is 2.56. The van der Waals surface area contributed by atoms with Crippen molar-refractivity contribution in [2.75, 3.05) is 11.9 Å². The minimum absolute atomic E-state index is 0.236. The lowest BCUT2D eigenvalue weighted by Gasteiger charge is -2.05. The van der Waals surface area contributed by atoms with Gasteiger partial charge in [-0.1, -0.05) is 23.5 Å². The molecular formula is C15H14N2O2S. The molecule has 0 saturated carbocycles. The maximum atomic E-state index is 12.3. The molecule has 5 heteroatoms. The molecule has 0 bridgehead atoms. The number of thiazole rings is 1. The van der Waals surface area contributed by atoms with Crippen LogP contribution in [0.3, 0.4) is 0 Å². The zero-order valence-electron chi connectivity index (χ0n) is 11.2. The van der Waals surface area contributed by atoms with Crippen molar-refractivity contribution in [2.24, 2.45) is 0 Å². The van der Waals surface area contributed by atoms with Crippen LogP contribution in [0.4, 0.5) is 5.13 Å². The minimum atomic E-state index is -0.245. The standard InChI is InChI=1S/C15H14N2O2S/c1-10-5-6-12(4-3-7-18)13(8-10)14(19)17-15-16-11(2)9-20-15/h5-6,8-9,18H,7H2,1-2H3,(H,16,17,19). The van der Waals surface area contributed by atoms with E-state index in [9.17, 15) is 4.79 Å². The number of benzene rings is 1. The van der Waals surface area contributed by atoms with Gasteiger partial charge in [0.2, 0.25) is 0 Å². The van der Waals surface area contributed by atoms with E-state index in [0.717, 1.165) is 11.3 Å². The topological polar surface area (TPSA) is 62.2 Å². The van der Waals surface area contributed by atoms with Crippen LogP contribution in [0.25, 0.3) is 0 Å². The smallest absolute Gasteiger partial charge is 0.258 e. The highest BCUT2D eigenvalue weighted by molar-refractivity contribution is 7.13. The monoisotopic (exact) mass is 286 g/mol. The summed E-state index contributed by atoms with van der Waals surface area (Å²) >= 11 is 1.38. The van der Waals surface area contributed by atoms with E-state index in [2.05, 4.69) is 22.1 Å². The Hall–Kier alpha value is -2.16. The molecule has 1 heterocycles. The predicted molar refractivity (Wildman–Crippen MR) is 79.9 cm³/mol. The highest BCUT2D eigenvalue weighted by Crippen LogP contribution is 2.17. The average Bonchev–Trinajstić information content (AvgIpc) is 2.82. The number of hydrogen-bond donors (Lipinski definition) is 2. The highest BCUT2D eigenvalue weighted by Gasteiger charge is 2.12. The molecule has 0 fully saturated rings. The molecule has 1 amide bonds. The number of hydrogen-bond acceptors (Lipinski definition) is 4. The number of nitrogens with one attached hydrogen (secondary N) is 1. The van der Waals surface area contributed by atoms with Crippen LogP contribution in [0.1, 0.15) is 27.2 Å². The molecule has 2 aromatic rings. The van der Waals surface area contributed by atoms with Crippen molar-refractivity contribution >= 4 is 22.4 Å². The van der Waals surface area contributed by atoms with E-state index in [0.29, 0.717) is 16.3 Å². The fourth-order valence-corrected chi connectivity index (χ4v) is 2.35. The van der Waals surface area contributed by atoms with Crippen LogP contribution in [0.5, 0.6) is 0 Å². The number of aryl methyl sites for hydroxylation is 2. The quantitative estimate of drug-likeness (QED) is 0.833. The highest BCUT2D eigenvalue weighted by atomic mass is 32.1. The maximum Gasteiger partial charge on any atom is 0.258 e. The summed E-state index contributed by atoms with van der Waals surface area (Å²) in [6.45, 7) is 3.55. The number of rotatable bonds is 2. The van der Waals surface area contributed by atoms with E-state index in [1.807, 2.05) is 25.3 Å². The summed E-state index contributed by atoms with van der Waals surface area (Å²) in [6, 6.07) is 5.43. The van der Waals surface area contributed by atoms with Crippen LogP contribution < -0.4 is 5.32 Å². The SMILES string of the molecule is Cc1ccc(C#CCO)c(C(=O)Nc2nc(C)cs2)c1. The molecule has 0 spiro atoms. The molecule has 0 saturated heterocycles. The van der Waals surface area contributed by atoms with Crippen LogP contribution in [0, 0.1) is 25.7 Å². The van der Waals surface area contributed by atoms with Gasteiger partial charge < -0.3 is 5.11 Å². The Balaban J connectivity index is 2.30. The van der Waals surface area contributed by atoms with Crippen molar-refractivity contribution < 1.29 is 9.90 Å². The second kappa shape index (κ2) is 6.33. The molecule has 1 aromatic carbocycles. The van der Waals surface area contributed by atoms with Crippen molar-refractivity contribution in [2.45, 2.75) is 13.8 Å². The Kier molecular flexibility index (Phi) is 4.51. The minimum Gasteiger partial charge on any atom is -0.384 e. The molecule has 0 aliphatic rings. The van der Waals surface area contributed by atoms with Gasteiger partial charge in [0.1, 0.15) is 6.61 Å². The first-order chi connectivity index (χ1) is 9.60. The fourth-order valence-electron chi connectivity index (χ4n) is 1.67. The summed E-state index contributed by atoms with van der Waals surface area (Å²) < 4.78 is 0. The molecule has 4 nitrogen and oxygen atoms in total. The summed E-state index contributed by atoms with van der Waals surface area (Å²) in [4.78, 5) is 16.5. The number of aromatic nitrogens is 1. The van der Waals surface area contributed by atoms with Crippen molar-refractivity contribution in [1.29, 1.82) is 0 Å². The van der Waals surface area contributed by atoms with Gasteiger partial charge in [0.25, 0.3) is 5.91 Å². The van der Waals surface area contributed by atoms with Gasteiger partial charge in [-0.15, -0.1) is 11.3 Å². The van der Waals surface area contributed by atoms with Crippen molar-refractivity contribution in [3.8, 4) is 11.8 Å². The molecule has 1 aromatic heterocycles. The molecular weight excluding hydrogens is 272 g/mol. The summed E-state index contributed by atoms with van der Waals surface area (Å²) in [5.41, 5.74) is 2.92. The maximum absolute atomic E-state index is 12.3. The summed E-state index contributed by atoms with van der Waals surface area (Å²) in [7, 11) is 0. The third kappa shape index (κ3) is 3.44. The van der Waals surface area contributed by atoms with E-state index in [1.165, 1.54) is 11.3 Å². The fraction of sp³-hybridized carbons (Fsp3) is 0.200. The zero-order valence-corrected chi connectivity index (χ0v) is 12.0. The Labute approximate surface area is 121 Å². The van der Waals surface area contributed by atoms with Crippen LogP contribution in [-0.2, 0) is 0 Å². The zero-order chi connectivity index (χ0) is 14.5. The van der Waals surface area contributed by atoms with Crippen LogP contribution in [0.15, 0.2) is 23.6 Å². The lowest BCUT2D eigenvalue weighted by Crippen LogP contribution is -2.13. The second-order valence-corrected chi connectivity index (χ2v) is 5.12. The number of nitrogens with zero attached hydrogens (tertiary/aromatic N) is 1. The summed E-state index contributed by atoms with van der Waals surface area (Å²) in [6.07, 6.45) is 0. The molecule has 0 aliphatic carbocycles. The lowest BCUT2D eigenvalue weighted by molar-refractivity contribution is 0.102. The average molecular weight is 286 g/mol. The van der Waals surface area contributed by atoms with Crippen LogP contribution >= 0.6 is 11.3 Å². The predicted octanol–water partition coefficient (Wildman–Crippen LogP) is 2.36. The van der Waals surface area contributed by atoms with E-state index < -0.39 is 0 Å². The van der Waals surface area contributed by atoms with Gasteiger partial charge >= 0.3 is 0 Å². The lowest BCUT2D eigenvalue weighted by atomic mass is 10.0. The van der Waals surface area contributed by atoms with Crippen molar-refractivity contribution in [3.05, 3.63) is 46.0 Å². The van der Waals surface area contributed by atoms with Crippen molar-refractivity contribution in [1.82, 2.24) is 4.98 Å². The first kappa shape index (κ1) is 14.3. The molecule has 2 rings (SSSR count). The number of amides is 1. The largest absolute Gasteiger partial charge is 0.384 e. The molecule has 0 radical (unpaired) electrons. The van der Waals surface area contributed by atoms with Gasteiger partial charge in [-0.05, 0) is 26.0 Å². The number of anilines is 1. The summed E-state index contributed by atoms with van der Waals surface area (Å²) in [5, 5.41) is 14.0. The van der Waals surface area contributed by atoms with Gasteiger partial charge in [0, 0.05) is 10.9 Å². The molecule has 0 aliphatic heterocycles. The normalized spacial score (nSPS) is 9.75. The van der Waals surface area contributed by atoms with E-state index in [1.54, 1.807) is 12.1 Å². The number of aliphatic hydroxyl groups excluding tert-OH is 1. The van der Waals surface area contributed by atoms with Crippen molar-refractivity contribution in [3.63, 3.8) is 0 Å². The number of carbonyl (C=O) groups is 1. The van der Waals surface area contributed by atoms with Crippen LogP contribution in [0.2, 0.25) is 0 Å². The van der Waals surface area contributed by atoms with Gasteiger partial charge in [-0.3, -0.25) is 10.1 Å². The Morgan fingerprint density at radius 2 is 2.25 bits per heavy atom. The van der Waals surface area contributed by atoms with Gasteiger partial charge in [-0.25, -0.2) is 4.98 Å². The van der Waals surface area contributed by atoms with Gasteiger partial charge in [0.15, 0.2) is 5.13 Å². The number of carbonyl (C=O) groups excluding carboxylic acids is 1. The molecule has 102 valence electrons. The van der Waals surface area contributed by atoms with Gasteiger partial charge in [-0.2, -0.15) is 0 Å². The van der Waals surface area contributed by atoms with Gasteiger partial charge in [0.05, 0.1) is 11.3 Å². The Morgan fingerprint density at radius 3 is 2.90 bits per heavy atom. The summed E-state index contributed by atoms with van der Waals surface area (Å²) in [5.74, 6) is 5.10. The second-order valence-electron chi connectivity index (χ2n) is 4.26. The number of aliphatic hydroxyl groups is 1. The molecule has 2 N–H and O–H groups in total. The van der Waals surface area contributed by atoms with E-state index in [4.69, 9.17) is 5.11 Å². The molecule has 0 unspecified atom stereocenters. The third-order valence-corrected chi connectivity index (χ3v) is 3.44. The van der Waals surface area contributed by atoms with Crippen LogP contribution in [-0.4, -0.2) is 22.6 Å². The van der Waals surface area contributed by atoms with E-state index >= 15 is 0 Å². The molecule has 0 atom stereocenters. The van der Waals surface area contributed by atoms with E-state index in [-0.39, 0.29) is 12.5 Å². The first-order valence-electron chi connectivity index (χ1n) is 6.04. The molecule has 20 heavy (non-hydrogen) atoms.